The van der Waals surface area contributed by atoms with Gasteiger partial charge >= 0.3 is 0 Å². The highest BCUT2D eigenvalue weighted by Gasteiger charge is 2.39. The quantitative estimate of drug-likeness (QED) is 0.530. The van der Waals surface area contributed by atoms with E-state index in [2.05, 4.69) is 20.4 Å². The minimum Gasteiger partial charge on any atom is -0.377 e. The summed E-state index contributed by atoms with van der Waals surface area (Å²) in [5, 5.41) is 23.6. The molecule has 9 heteroatoms. The van der Waals surface area contributed by atoms with E-state index in [1.165, 1.54) is 22.9 Å². The van der Waals surface area contributed by atoms with Crippen molar-refractivity contribution in [3.8, 4) is 5.69 Å². The molecule has 0 amide bonds. The van der Waals surface area contributed by atoms with E-state index in [0.717, 1.165) is 0 Å². The highest BCUT2D eigenvalue weighted by Crippen LogP contribution is 2.36. The second-order valence-corrected chi connectivity index (χ2v) is 7.84. The number of halogens is 2. The molecular weight excluding hydrogens is 414 g/mol. The molecule has 1 atom stereocenters. The fourth-order valence-corrected chi connectivity index (χ4v) is 3.94. The lowest BCUT2D eigenvalue weighted by molar-refractivity contribution is 0.0394. The van der Waals surface area contributed by atoms with Gasteiger partial charge in [-0.2, -0.15) is 5.10 Å². The zero-order valence-corrected chi connectivity index (χ0v) is 17.3. The standard InChI is InChI=1S/C23H20F2N6O/c1-15-14-31(29-27-15)20-9-3-16(13-19(20)25)4-10-21-26-22-23(32,11-2-12-30(22)28-21)17-5-7-18(24)8-6-17/h3-10,13-14,32H,2,11-12H2,1H3/b10-4+. The minimum atomic E-state index is -1.34. The van der Waals surface area contributed by atoms with Crippen molar-refractivity contribution in [1.82, 2.24) is 29.8 Å². The summed E-state index contributed by atoms with van der Waals surface area (Å²) < 4.78 is 30.9. The van der Waals surface area contributed by atoms with Crippen LogP contribution in [-0.2, 0) is 12.1 Å². The molecule has 5 rings (SSSR count). The molecule has 1 N–H and O–H groups in total. The topological polar surface area (TPSA) is 81.7 Å². The third-order valence-electron chi connectivity index (χ3n) is 5.54. The molecule has 1 aliphatic heterocycles. The van der Waals surface area contributed by atoms with Crippen LogP contribution < -0.4 is 0 Å². The number of fused-ring (bicyclic) bond motifs is 1. The van der Waals surface area contributed by atoms with Gasteiger partial charge in [-0.15, -0.1) is 5.10 Å². The van der Waals surface area contributed by atoms with E-state index in [1.54, 1.807) is 54.2 Å². The third kappa shape index (κ3) is 3.60. The largest absolute Gasteiger partial charge is 0.377 e. The van der Waals surface area contributed by atoms with Crippen LogP contribution in [0.15, 0.2) is 48.7 Å². The van der Waals surface area contributed by atoms with Crippen LogP contribution in [0.3, 0.4) is 0 Å². The van der Waals surface area contributed by atoms with Gasteiger partial charge in [-0.1, -0.05) is 29.5 Å². The Labute approximate surface area is 182 Å². The summed E-state index contributed by atoms with van der Waals surface area (Å²) in [6.07, 6.45) is 6.20. The predicted octanol–water partition coefficient (Wildman–Crippen LogP) is 3.65. The Bertz CT molecular complexity index is 1310. The lowest BCUT2D eigenvalue weighted by Crippen LogP contribution is -2.35. The van der Waals surface area contributed by atoms with Gasteiger partial charge in [0.05, 0.1) is 11.9 Å². The number of nitrogens with zero attached hydrogens (tertiary/aromatic N) is 6. The van der Waals surface area contributed by atoms with Crippen molar-refractivity contribution < 1.29 is 13.9 Å². The van der Waals surface area contributed by atoms with Gasteiger partial charge in [0.25, 0.3) is 0 Å². The summed E-state index contributed by atoms with van der Waals surface area (Å²) in [6, 6.07) is 10.6. The SMILES string of the molecule is Cc1cn(-c2ccc(/C=C/c3nc4n(n3)CCCC4(O)c3ccc(F)cc3)cc2F)nn1. The average Bonchev–Trinajstić information content (AvgIpc) is 3.40. The Morgan fingerprint density at radius 3 is 2.62 bits per heavy atom. The highest BCUT2D eigenvalue weighted by atomic mass is 19.1. The maximum Gasteiger partial charge on any atom is 0.174 e. The number of benzene rings is 2. The molecular formula is C23H20F2N6O. The monoisotopic (exact) mass is 434 g/mol. The van der Waals surface area contributed by atoms with Crippen LogP contribution in [0.1, 0.15) is 41.3 Å². The number of aromatic nitrogens is 6. The summed E-state index contributed by atoms with van der Waals surface area (Å²) in [5.41, 5.74) is 0.870. The molecule has 0 radical (unpaired) electrons. The molecule has 1 aliphatic rings. The van der Waals surface area contributed by atoms with E-state index in [-0.39, 0.29) is 5.82 Å². The zero-order chi connectivity index (χ0) is 22.3. The molecule has 0 bridgehead atoms. The first-order valence-electron chi connectivity index (χ1n) is 10.2. The summed E-state index contributed by atoms with van der Waals surface area (Å²) in [6.45, 7) is 2.41. The first-order chi connectivity index (χ1) is 15.4. The molecule has 32 heavy (non-hydrogen) atoms. The predicted molar refractivity (Wildman–Crippen MR) is 114 cm³/mol. The summed E-state index contributed by atoms with van der Waals surface area (Å²) in [4.78, 5) is 4.51. The number of aliphatic hydroxyl groups is 1. The van der Waals surface area contributed by atoms with E-state index in [4.69, 9.17) is 0 Å². The highest BCUT2D eigenvalue weighted by molar-refractivity contribution is 5.67. The van der Waals surface area contributed by atoms with Crippen molar-refractivity contribution in [3.05, 3.63) is 88.8 Å². The number of aryl methyl sites for hydroxylation is 2. The Hall–Kier alpha value is -3.72. The lowest BCUT2D eigenvalue weighted by Gasteiger charge is -2.31. The van der Waals surface area contributed by atoms with Crippen LogP contribution in [-0.4, -0.2) is 34.9 Å². The minimum absolute atomic E-state index is 0.308. The number of hydrogen-bond donors (Lipinski definition) is 1. The van der Waals surface area contributed by atoms with Crippen LogP contribution in [0.4, 0.5) is 8.78 Å². The van der Waals surface area contributed by atoms with Crippen molar-refractivity contribution in [3.63, 3.8) is 0 Å². The second-order valence-electron chi connectivity index (χ2n) is 7.84. The Kier molecular flexibility index (Phi) is 4.90. The molecule has 7 nitrogen and oxygen atoms in total. The molecule has 2 aromatic carbocycles. The first-order valence-corrected chi connectivity index (χ1v) is 10.2. The van der Waals surface area contributed by atoms with Crippen LogP contribution in [0.5, 0.6) is 0 Å². The van der Waals surface area contributed by atoms with E-state index in [1.807, 2.05) is 0 Å². The van der Waals surface area contributed by atoms with Gasteiger partial charge in [0.15, 0.2) is 11.6 Å². The van der Waals surface area contributed by atoms with Gasteiger partial charge in [-0.25, -0.2) is 23.1 Å². The fourth-order valence-electron chi connectivity index (χ4n) is 3.94. The molecule has 0 saturated heterocycles. The van der Waals surface area contributed by atoms with Crippen molar-refractivity contribution in [2.75, 3.05) is 0 Å². The van der Waals surface area contributed by atoms with E-state index in [9.17, 15) is 13.9 Å². The van der Waals surface area contributed by atoms with Gasteiger partial charge in [-0.05, 0) is 61.2 Å². The van der Waals surface area contributed by atoms with E-state index in [0.29, 0.717) is 53.5 Å². The van der Waals surface area contributed by atoms with E-state index < -0.39 is 11.4 Å². The van der Waals surface area contributed by atoms with Gasteiger partial charge in [0.1, 0.15) is 22.9 Å². The molecule has 0 fully saturated rings. The molecule has 1 unspecified atom stereocenters. The number of rotatable bonds is 4. The van der Waals surface area contributed by atoms with Crippen LogP contribution in [0.2, 0.25) is 0 Å². The number of hydrogen-bond acceptors (Lipinski definition) is 5. The summed E-state index contributed by atoms with van der Waals surface area (Å²) in [7, 11) is 0. The van der Waals surface area contributed by atoms with Crippen molar-refractivity contribution in [2.24, 2.45) is 0 Å². The maximum atomic E-state index is 14.6. The van der Waals surface area contributed by atoms with Crippen LogP contribution in [0, 0.1) is 18.6 Å². The second kappa shape index (κ2) is 7.76. The van der Waals surface area contributed by atoms with Crippen molar-refractivity contribution >= 4 is 12.2 Å². The third-order valence-corrected chi connectivity index (χ3v) is 5.54. The average molecular weight is 434 g/mol. The summed E-state index contributed by atoms with van der Waals surface area (Å²) in [5.74, 6) is 0.0205. The van der Waals surface area contributed by atoms with Crippen LogP contribution in [0.25, 0.3) is 17.8 Å². The Morgan fingerprint density at radius 1 is 1.09 bits per heavy atom. The molecule has 0 spiro atoms. The first kappa shape index (κ1) is 20.2. The van der Waals surface area contributed by atoms with Crippen LogP contribution >= 0.6 is 0 Å². The lowest BCUT2D eigenvalue weighted by atomic mass is 9.86. The smallest absolute Gasteiger partial charge is 0.174 e. The van der Waals surface area contributed by atoms with Gasteiger partial charge in [-0.3, -0.25) is 0 Å². The molecule has 3 heterocycles. The fraction of sp³-hybridized carbons (Fsp3) is 0.217. The molecule has 0 aliphatic carbocycles. The van der Waals surface area contributed by atoms with Crippen molar-refractivity contribution in [1.29, 1.82) is 0 Å². The molecule has 0 saturated carbocycles. The van der Waals surface area contributed by atoms with Crippen molar-refractivity contribution in [2.45, 2.75) is 31.9 Å². The Morgan fingerprint density at radius 2 is 1.91 bits per heavy atom. The van der Waals surface area contributed by atoms with Gasteiger partial charge in [0, 0.05) is 6.54 Å². The summed E-state index contributed by atoms with van der Waals surface area (Å²) >= 11 is 0. The Balaban J connectivity index is 1.42. The van der Waals surface area contributed by atoms with Gasteiger partial charge < -0.3 is 5.11 Å². The molecule has 162 valence electrons. The van der Waals surface area contributed by atoms with Gasteiger partial charge in [0.2, 0.25) is 0 Å². The maximum absolute atomic E-state index is 14.6. The normalized spacial score (nSPS) is 18.2. The van der Waals surface area contributed by atoms with E-state index >= 15 is 0 Å². The zero-order valence-electron chi connectivity index (χ0n) is 17.3. The molecule has 4 aromatic rings. The molecule has 2 aromatic heterocycles.